The molecule has 22 heavy (non-hydrogen) atoms. The Morgan fingerprint density at radius 3 is 2.82 bits per heavy atom. The quantitative estimate of drug-likeness (QED) is 0.614. The summed E-state index contributed by atoms with van der Waals surface area (Å²) in [5.74, 6) is 0.905. The number of aromatic amines is 1. The summed E-state index contributed by atoms with van der Waals surface area (Å²) >= 11 is 0. The van der Waals surface area contributed by atoms with Crippen LogP contribution in [0.3, 0.4) is 0 Å². The number of hydrogen-bond acceptors (Lipinski definition) is 3. The number of aryl methyl sites for hydroxylation is 1. The number of halogens is 1. The van der Waals surface area contributed by atoms with E-state index in [0.717, 1.165) is 5.56 Å². The van der Waals surface area contributed by atoms with Crippen molar-refractivity contribution in [2.75, 3.05) is 0 Å². The Kier molecular flexibility index (Phi) is 2.62. The molecule has 7 heteroatoms. The van der Waals surface area contributed by atoms with Crippen molar-refractivity contribution in [3.63, 3.8) is 0 Å². The average molecular weight is 297 g/mol. The Hall–Kier alpha value is -2.96. The van der Waals surface area contributed by atoms with Crippen molar-refractivity contribution in [2.45, 2.75) is 13.5 Å². The van der Waals surface area contributed by atoms with Crippen molar-refractivity contribution in [1.29, 1.82) is 0 Å². The van der Waals surface area contributed by atoms with E-state index in [-0.39, 0.29) is 11.4 Å². The van der Waals surface area contributed by atoms with Crippen LogP contribution in [0.4, 0.5) is 4.39 Å². The van der Waals surface area contributed by atoms with Gasteiger partial charge in [0.25, 0.3) is 5.56 Å². The average Bonchev–Trinajstić information content (AvgIpc) is 3.09. The van der Waals surface area contributed by atoms with Gasteiger partial charge >= 0.3 is 0 Å². The molecule has 6 nitrogen and oxygen atoms in total. The Balaban J connectivity index is 1.93. The molecule has 0 fully saturated rings. The predicted molar refractivity (Wildman–Crippen MR) is 79.3 cm³/mol. The zero-order valence-corrected chi connectivity index (χ0v) is 11.7. The van der Waals surface area contributed by atoms with Gasteiger partial charge in [-0.25, -0.2) is 18.8 Å². The maximum atomic E-state index is 13.0. The van der Waals surface area contributed by atoms with Gasteiger partial charge in [0.1, 0.15) is 17.3 Å². The number of H-pyrrole nitrogens is 1. The minimum Gasteiger partial charge on any atom is -0.310 e. The third-order valence-electron chi connectivity index (χ3n) is 3.70. The van der Waals surface area contributed by atoms with E-state index >= 15 is 0 Å². The molecule has 0 radical (unpaired) electrons. The Morgan fingerprint density at radius 2 is 2.05 bits per heavy atom. The molecule has 3 heterocycles. The number of fused-ring (bicyclic) bond motifs is 2. The van der Waals surface area contributed by atoms with E-state index in [1.807, 2.05) is 11.5 Å². The van der Waals surface area contributed by atoms with Gasteiger partial charge in [-0.05, 0) is 24.6 Å². The van der Waals surface area contributed by atoms with Crippen molar-refractivity contribution in [3.8, 4) is 0 Å². The lowest BCUT2D eigenvalue weighted by atomic mass is 10.2. The first-order valence-electron chi connectivity index (χ1n) is 6.80. The van der Waals surface area contributed by atoms with E-state index in [2.05, 4.69) is 15.0 Å². The Labute approximate surface area is 123 Å². The van der Waals surface area contributed by atoms with Crippen molar-refractivity contribution in [1.82, 2.24) is 23.9 Å². The number of imidazole rings is 2. The van der Waals surface area contributed by atoms with Crippen LogP contribution in [0.25, 0.3) is 16.9 Å². The molecule has 4 aromatic rings. The van der Waals surface area contributed by atoms with Gasteiger partial charge in [-0.2, -0.15) is 0 Å². The van der Waals surface area contributed by atoms with Gasteiger partial charge < -0.3 is 9.55 Å². The van der Waals surface area contributed by atoms with Crippen LogP contribution in [0.2, 0.25) is 0 Å². The first-order valence-corrected chi connectivity index (χ1v) is 6.80. The van der Waals surface area contributed by atoms with Crippen LogP contribution in [-0.4, -0.2) is 23.9 Å². The highest BCUT2D eigenvalue weighted by molar-refractivity contribution is 5.72. The van der Waals surface area contributed by atoms with Gasteiger partial charge in [-0.15, -0.1) is 0 Å². The van der Waals surface area contributed by atoms with Crippen LogP contribution in [-0.2, 0) is 6.54 Å². The fourth-order valence-electron chi connectivity index (χ4n) is 2.59. The summed E-state index contributed by atoms with van der Waals surface area (Å²) in [7, 11) is 0. The Bertz CT molecular complexity index is 1040. The summed E-state index contributed by atoms with van der Waals surface area (Å²) in [6.45, 7) is 2.33. The molecular weight excluding hydrogens is 285 g/mol. The van der Waals surface area contributed by atoms with Crippen molar-refractivity contribution in [2.24, 2.45) is 0 Å². The summed E-state index contributed by atoms with van der Waals surface area (Å²) in [6, 6.07) is 6.26. The van der Waals surface area contributed by atoms with Crippen LogP contribution in [0.1, 0.15) is 11.4 Å². The zero-order valence-electron chi connectivity index (χ0n) is 11.7. The van der Waals surface area contributed by atoms with Gasteiger partial charge in [-0.3, -0.25) is 4.79 Å². The van der Waals surface area contributed by atoms with Gasteiger partial charge in [-0.1, -0.05) is 12.1 Å². The molecule has 110 valence electrons. The van der Waals surface area contributed by atoms with E-state index in [1.165, 1.54) is 16.5 Å². The second-order valence-electron chi connectivity index (χ2n) is 5.12. The van der Waals surface area contributed by atoms with Crippen molar-refractivity contribution < 1.29 is 4.39 Å². The number of benzene rings is 1. The largest absolute Gasteiger partial charge is 0.310 e. The van der Waals surface area contributed by atoms with Gasteiger partial charge in [0.15, 0.2) is 5.52 Å². The third-order valence-corrected chi connectivity index (χ3v) is 3.70. The molecule has 4 rings (SSSR count). The molecule has 0 bridgehead atoms. The monoisotopic (exact) mass is 297 g/mol. The summed E-state index contributed by atoms with van der Waals surface area (Å²) in [6.07, 6.45) is 3.16. The van der Waals surface area contributed by atoms with E-state index in [4.69, 9.17) is 0 Å². The number of hydrogen-bond donors (Lipinski definition) is 1. The normalized spacial score (nSPS) is 11.5. The fourth-order valence-corrected chi connectivity index (χ4v) is 2.59. The summed E-state index contributed by atoms with van der Waals surface area (Å²) in [5.41, 5.74) is 1.70. The van der Waals surface area contributed by atoms with Crippen LogP contribution < -0.4 is 5.56 Å². The molecule has 0 aliphatic carbocycles. The molecule has 0 saturated carbocycles. The standard InChI is InChI=1S/C15H12FN5O/c1-9-18-12-13(19-15-17-6-7-20(15)14(12)22)21(9)8-10-2-4-11(16)5-3-10/h2-7H,8H2,1H3,(H,17,19). The molecule has 0 spiro atoms. The first kappa shape index (κ1) is 12.8. The summed E-state index contributed by atoms with van der Waals surface area (Å²) < 4.78 is 16.3. The van der Waals surface area contributed by atoms with E-state index in [0.29, 0.717) is 29.3 Å². The fraction of sp³-hybridized carbons (Fsp3) is 0.133. The maximum Gasteiger partial charge on any atom is 0.287 e. The molecule has 0 unspecified atom stereocenters. The second kappa shape index (κ2) is 4.52. The minimum atomic E-state index is -0.275. The van der Waals surface area contributed by atoms with E-state index in [9.17, 15) is 9.18 Å². The highest BCUT2D eigenvalue weighted by Gasteiger charge is 2.14. The molecule has 1 N–H and O–H groups in total. The van der Waals surface area contributed by atoms with Crippen molar-refractivity contribution in [3.05, 3.63) is 64.2 Å². The lowest BCUT2D eigenvalue weighted by Gasteiger charge is -2.07. The minimum absolute atomic E-state index is 0.206. The summed E-state index contributed by atoms with van der Waals surface area (Å²) in [4.78, 5) is 24.0. The predicted octanol–water partition coefficient (Wildman–Crippen LogP) is 1.87. The molecule has 0 aliphatic heterocycles. The first-order chi connectivity index (χ1) is 10.6. The van der Waals surface area contributed by atoms with Gasteiger partial charge in [0.2, 0.25) is 5.78 Å². The highest BCUT2D eigenvalue weighted by Crippen LogP contribution is 2.14. The smallest absolute Gasteiger partial charge is 0.287 e. The number of rotatable bonds is 2. The summed E-state index contributed by atoms with van der Waals surface area (Å²) in [5, 5.41) is 0. The van der Waals surface area contributed by atoms with Crippen LogP contribution >= 0.6 is 0 Å². The van der Waals surface area contributed by atoms with Crippen LogP contribution in [0, 0.1) is 12.7 Å². The van der Waals surface area contributed by atoms with Crippen molar-refractivity contribution >= 4 is 16.9 Å². The Morgan fingerprint density at radius 1 is 1.27 bits per heavy atom. The van der Waals surface area contributed by atoms with Gasteiger partial charge in [0.05, 0.1) is 6.54 Å². The number of aromatic nitrogens is 5. The lowest BCUT2D eigenvalue weighted by molar-refractivity contribution is 0.626. The molecule has 3 aromatic heterocycles. The second-order valence-corrected chi connectivity index (χ2v) is 5.12. The lowest BCUT2D eigenvalue weighted by Crippen LogP contribution is -2.14. The SMILES string of the molecule is Cc1nc2c(=O)n3ccnc3[nH]c2n1Cc1ccc(F)cc1. The molecule has 0 atom stereocenters. The zero-order chi connectivity index (χ0) is 15.3. The molecule has 0 aliphatic rings. The highest BCUT2D eigenvalue weighted by atomic mass is 19.1. The van der Waals surface area contributed by atoms with Crippen LogP contribution in [0.5, 0.6) is 0 Å². The maximum absolute atomic E-state index is 13.0. The molecule has 0 amide bonds. The molecule has 0 saturated heterocycles. The molecular formula is C15H12FN5O. The van der Waals surface area contributed by atoms with E-state index < -0.39 is 0 Å². The van der Waals surface area contributed by atoms with Gasteiger partial charge in [0, 0.05) is 12.4 Å². The number of nitrogens with one attached hydrogen (secondary N) is 1. The third kappa shape index (κ3) is 1.82. The van der Waals surface area contributed by atoms with E-state index in [1.54, 1.807) is 24.5 Å². The topological polar surface area (TPSA) is 68.0 Å². The molecule has 1 aromatic carbocycles. The van der Waals surface area contributed by atoms with Crippen LogP contribution in [0.15, 0.2) is 41.5 Å². The number of nitrogens with zero attached hydrogens (tertiary/aromatic N) is 4.